The Morgan fingerprint density at radius 1 is 0.830 bits per heavy atom. The Hall–Kier alpha value is -3.85. The summed E-state index contributed by atoms with van der Waals surface area (Å²) in [6, 6.07) is 11.1. The molecule has 0 fully saturated rings. The van der Waals surface area contributed by atoms with Gasteiger partial charge in [0.15, 0.2) is 5.82 Å². The number of hydrogen-bond donors (Lipinski definition) is 4. The zero-order valence-corrected chi connectivity index (χ0v) is 35.9. The van der Waals surface area contributed by atoms with Crippen LogP contribution in [0.5, 0.6) is 11.5 Å². The Bertz CT molecular complexity index is 1550. The van der Waals surface area contributed by atoms with Gasteiger partial charge in [-0.05, 0) is 60.9 Å². The number of imidazole rings is 1. The normalized spacial score (nSPS) is 10.3. The monoisotopic (exact) mass is 740 g/mol. The third-order valence-corrected chi connectivity index (χ3v) is 8.00. The van der Waals surface area contributed by atoms with Crippen molar-refractivity contribution in [3.05, 3.63) is 53.3 Å². The van der Waals surface area contributed by atoms with Gasteiger partial charge in [0.05, 0.1) is 17.6 Å². The first kappa shape index (κ1) is 51.3. The maximum Gasteiger partial charge on any atom is 0.217 e. The Labute approximate surface area is 323 Å². The lowest BCUT2D eigenvalue weighted by Crippen LogP contribution is -2.18. The highest BCUT2D eigenvalue weighted by Crippen LogP contribution is 2.35. The van der Waals surface area contributed by atoms with E-state index >= 15 is 0 Å². The number of hydrogen-bond acceptors (Lipinski definition) is 7. The van der Waals surface area contributed by atoms with Crippen molar-refractivity contribution in [2.45, 2.75) is 166 Å². The number of rotatable bonds is 14. The number of amides is 1. The van der Waals surface area contributed by atoms with Gasteiger partial charge in [-0.3, -0.25) is 4.79 Å². The van der Waals surface area contributed by atoms with Gasteiger partial charge in [0, 0.05) is 37.0 Å². The standard InChI is InChI=1S/C30H40N4O3.C4H10.C3H7NO.C3H8.2C2H6/c1-5-7-9-26-33-27-28(34(26)19-20-17-22(35)11-13-25(20)36)23-12-10-21(18-24(23)32-29(27)31)30(3,4)14-8-16-37-15-6-2;1-3-4-2;1-2-3(4)5;1-3-2;2*1-2/h10-13,17-18,35-36H,5-9,14-16,19H2,1-4H3,(H2,31,32);3-4H2,1-2H3;2H2,1H3,(H2,4,5);3H2,1-2H3;2*1-2H3. The minimum atomic E-state index is -0.245. The third kappa shape index (κ3) is 18.2. The summed E-state index contributed by atoms with van der Waals surface area (Å²) in [4.78, 5) is 19.3. The molecule has 0 aliphatic heterocycles. The van der Waals surface area contributed by atoms with E-state index in [1.807, 2.05) is 27.7 Å². The molecular weight excluding hydrogens is 663 g/mol. The summed E-state index contributed by atoms with van der Waals surface area (Å²) in [5, 5.41) is 21.5. The van der Waals surface area contributed by atoms with Gasteiger partial charge >= 0.3 is 0 Å². The maximum absolute atomic E-state index is 10.5. The second-order valence-electron chi connectivity index (χ2n) is 13.1. The van der Waals surface area contributed by atoms with Crippen molar-refractivity contribution in [2.75, 3.05) is 18.9 Å². The van der Waals surface area contributed by atoms with E-state index in [1.165, 1.54) is 37.0 Å². The fourth-order valence-corrected chi connectivity index (χ4v) is 4.95. The van der Waals surface area contributed by atoms with Crippen molar-refractivity contribution < 1.29 is 19.7 Å². The summed E-state index contributed by atoms with van der Waals surface area (Å²) in [6.45, 7) is 29.1. The van der Waals surface area contributed by atoms with E-state index in [0.717, 1.165) is 74.0 Å². The SMILES string of the molecule is CC.CC.CCC.CCC(N)=O.CCCC.CCCCc1nc2c(N)nc3cc(C(C)(C)CCCOCCC)ccc3c2n1Cc1cc(O)ccc1O. The minimum absolute atomic E-state index is 0.0327. The predicted molar refractivity (Wildman–Crippen MR) is 229 cm³/mol. The van der Waals surface area contributed by atoms with Crippen molar-refractivity contribution in [3.63, 3.8) is 0 Å². The maximum atomic E-state index is 10.5. The number of aryl methyl sites for hydroxylation is 1. The fourth-order valence-electron chi connectivity index (χ4n) is 4.95. The lowest BCUT2D eigenvalue weighted by molar-refractivity contribution is -0.117. The number of benzene rings is 2. The number of aromatic nitrogens is 3. The van der Waals surface area contributed by atoms with Gasteiger partial charge in [-0.1, -0.05) is 128 Å². The van der Waals surface area contributed by atoms with Crippen molar-refractivity contribution in [3.8, 4) is 11.5 Å². The summed E-state index contributed by atoms with van der Waals surface area (Å²) >= 11 is 0. The molecule has 9 heteroatoms. The van der Waals surface area contributed by atoms with E-state index in [1.54, 1.807) is 13.0 Å². The highest BCUT2D eigenvalue weighted by atomic mass is 16.5. The molecule has 53 heavy (non-hydrogen) atoms. The van der Waals surface area contributed by atoms with Crippen molar-refractivity contribution >= 4 is 33.7 Å². The number of carbonyl (C=O) groups excluding carboxylic acids is 1. The molecule has 0 saturated carbocycles. The first-order chi connectivity index (χ1) is 25.3. The molecule has 0 radical (unpaired) electrons. The van der Waals surface area contributed by atoms with Gasteiger partial charge in [-0.2, -0.15) is 0 Å². The number of nitrogen functional groups attached to an aromatic ring is 1. The second kappa shape index (κ2) is 29.6. The Kier molecular flexibility index (Phi) is 28.6. The van der Waals surface area contributed by atoms with Crippen LogP contribution >= 0.6 is 0 Å². The number of pyridine rings is 1. The van der Waals surface area contributed by atoms with Gasteiger partial charge in [-0.15, -0.1) is 0 Å². The Morgan fingerprint density at radius 3 is 1.96 bits per heavy atom. The largest absolute Gasteiger partial charge is 0.508 e. The van der Waals surface area contributed by atoms with Crippen molar-refractivity contribution in [2.24, 2.45) is 5.73 Å². The molecule has 4 aromatic rings. The van der Waals surface area contributed by atoms with E-state index in [0.29, 0.717) is 29.9 Å². The van der Waals surface area contributed by atoms with Crippen LogP contribution in [0.2, 0.25) is 0 Å². The zero-order chi connectivity index (χ0) is 41.0. The molecule has 0 atom stereocenters. The Morgan fingerprint density at radius 2 is 1.43 bits per heavy atom. The summed E-state index contributed by atoms with van der Waals surface area (Å²) in [5.41, 5.74) is 15.4. The molecule has 2 aromatic carbocycles. The highest BCUT2D eigenvalue weighted by molar-refractivity contribution is 6.06. The van der Waals surface area contributed by atoms with Crippen LogP contribution in [-0.4, -0.2) is 43.9 Å². The van der Waals surface area contributed by atoms with E-state index in [4.69, 9.17) is 20.4 Å². The number of anilines is 1. The van der Waals surface area contributed by atoms with Crippen LogP contribution in [0.4, 0.5) is 5.82 Å². The second-order valence-corrected chi connectivity index (χ2v) is 13.1. The average Bonchev–Trinajstić information content (AvgIpc) is 3.52. The molecule has 0 aliphatic carbocycles. The predicted octanol–water partition coefficient (Wildman–Crippen LogP) is 11.6. The summed E-state index contributed by atoms with van der Waals surface area (Å²) in [5.74, 6) is 1.31. The first-order valence-electron chi connectivity index (χ1n) is 20.3. The molecule has 0 saturated heterocycles. The van der Waals surface area contributed by atoms with Gasteiger partial charge in [-0.25, -0.2) is 9.97 Å². The number of unbranched alkanes of at least 4 members (excludes halogenated alkanes) is 2. The quantitative estimate of drug-likeness (QED) is 0.0742. The number of primary amides is 1. The van der Waals surface area contributed by atoms with Crippen LogP contribution in [0.15, 0.2) is 36.4 Å². The molecule has 6 N–H and O–H groups in total. The lowest BCUT2D eigenvalue weighted by atomic mass is 9.80. The zero-order valence-electron chi connectivity index (χ0n) is 35.9. The van der Waals surface area contributed by atoms with E-state index in [-0.39, 0.29) is 22.8 Å². The van der Waals surface area contributed by atoms with E-state index in [9.17, 15) is 15.0 Å². The molecule has 0 aliphatic rings. The number of phenols is 2. The molecule has 1 amide bonds. The molecule has 0 spiro atoms. The summed E-state index contributed by atoms with van der Waals surface area (Å²) < 4.78 is 7.80. The van der Waals surface area contributed by atoms with Gasteiger partial charge in [0.2, 0.25) is 5.91 Å². The average molecular weight is 740 g/mol. The number of phenolic OH excluding ortho intramolecular Hbond substituents is 2. The number of carbonyl (C=O) groups is 1. The number of nitrogens with two attached hydrogens (primary N) is 2. The molecule has 2 aromatic heterocycles. The van der Waals surface area contributed by atoms with E-state index < -0.39 is 0 Å². The molecule has 9 nitrogen and oxygen atoms in total. The van der Waals surface area contributed by atoms with Gasteiger partial charge in [0.1, 0.15) is 22.8 Å². The number of fused-ring (bicyclic) bond motifs is 3. The van der Waals surface area contributed by atoms with Crippen LogP contribution in [0, 0.1) is 0 Å². The minimum Gasteiger partial charge on any atom is -0.508 e. The number of nitrogens with zero attached hydrogens (tertiary/aromatic N) is 3. The van der Waals surface area contributed by atoms with Crippen LogP contribution in [0.25, 0.3) is 21.9 Å². The molecular formula is C44H77N5O4. The van der Waals surface area contributed by atoms with E-state index in [2.05, 4.69) is 83.9 Å². The molecule has 2 heterocycles. The molecule has 4 rings (SSSR count). The molecule has 0 bridgehead atoms. The van der Waals surface area contributed by atoms with Crippen LogP contribution in [0.1, 0.15) is 165 Å². The first-order valence-corrected chi connectivity index (χ1v) is 20.3. The Balaban J connectivity index is 0. The van der Waals surface area contributed by atoms with Crippen LogP contribution in [-0.2, 0) is 27.9 Å². The number of ether oxygens (including phenoxy) is 1. The lowest BCUT2D eigenvalue weighted by Gasteiger charge is -2.25. The van der Waals surface area contributed by atoms with Gasteiger partial charge in [0.25, 0.3) is 0 Å². The van der Waals surface area contributed by atoms with Crippen LogP contribution in [0.3, 0.4) is 0 Å². The summed E-state index contributed by atoms with van der Waals surface area (Å²) in [6.07, 6.45) is 10.2. The highest BCUT2D eigenvalue weighted by Gasteiger charge is 2.23. The number of aromatic hydroxyl groups is 2. The van der Waals surface area contributed by atoms with Crippen molar-refractivity contribution in [1.29, 1.82) is 0 Å². The van der Waals surface area contributed by atoms with Crippen LogP contribution < -0.4 is 11.5 Å². The molecule has 302 valence electrons. The smallest absolute Gasteiger partial charge is 0.217 e. The third-order valence-electron chi connectivity index (χ3n) is 8.00. The fraction of sp³-hybridized carbons (Fsp3) is 0.614. The summed E-state index contributed by atoms with van der Waals surface area (Å²) in [7, 11) is 0. The van der Waals surface area contributed by atoms with Gasteiger partial charge < -0.3 is 31.0 Å². The topological polar surface area (TPSA) is 150 Å². The van der Waals surface area contributed by atoms with Crippen molar-refractivity contribution in [1.82, 2.24) is 14.5 Å². The molecule has 0 unspecified atom stereocenters.